The van der Waals surface area contributed by atoms with Crippen molar-refractivity contribution in [3.8, 4) is 0 Å². The first-order valence-corrected chi connectivity index (χ1v) is 7.51. The second kappa shape index (κ2) is 5.24. The zero-order valence-electron chi connectivity index (χ0n) is 10.0. The molecule has 1 N–H and O–H groups in total. The molecule has 0 unspecified atom stereocenters. The second-order valence-electron chi connectivity index (χ2n) is 4.49. The number of carbonyl (C=O) groups is 1. The van der Waals surface area contributed by atoms with Gasteiger partial charge in [-0.05, 0) is 25.0 Å². The molecule has 0 radical (unpaired) electrons. The SMILES string of the molecule is O=C1NCCC[C@@H]1CS(=O)(=O)c1ccc(F)cc1F. The van der Waals surface area contributed by atoms with E-state index in [4.69, 9.17) is 0 Å². The van der Waals surface area contributed by atoms with Crippen LogP contribution in [-0.4, -0.2) is 26.6 Å². The quantitative estimate of drug-likeness (QED) is 0.852. The first-order valence-electron chi connectivity index (χ1n) is 5.85. The van der Waals surface area contributed by atoms with Gasteiger partial charge in [0.2, 0.25) is 5.91 Å². The molecule has 0 aromatic heterocycles. The lowest BCUT2D eigenvalue weighted by molar-refractivity contribution is -0.125. The highest BCUT2D eigenvalue weighted by Gasteiger charge is 2.30. The Morgan fingerprint density at radius 2 is 2.05 bits per heavy atom. The van der Waals surface area contributed by atoms with Crippen LogP contribution in [0.3, 0.4) is 0 Å². The monoisotopic (exact) mass is 289 g/mol. The Morgan fingerprint density at radius 3 is 2.68 bits per heavy atom. The van der Waals surface area contributed by atoms with E-state index >= 15 is 0 Å². The molecule has 4 nitrogen and oxygen atoms in total. The molecule has 2 rings (SSSR count). The van der Waals surface area contributed by atoms with Gasteiger partial charge in [-0.25, -0.2) is 17.2 Å². The molecule has 1 amide bonds. The summed E-state index contributed by atoms with van der Waals surface area (Å²) in [4.78, 5) is 11.0. The van der Waals surface area contributed by atoms with Crippen molar-refractivity contribution >= 4 is 15.7 Å². The van der Waals surface area contributed by atoms with Crippen molar-refractivity contribution in [3.63, 3.8) is 0 Å². The van der Waals surface area contributed by atoms with Crippen LogP contribution >= 0.6 is 0 Å². The van der Waals surface area contributed by atoms with Crippen molar-refractivity contribution in [3.05, 3.63) is 29.8 Å². The van der Waals surface area contributed by atoms with Gasteiger partial charge in [0.25, 0.3) is 0 Å². The van der Waals surface area contributed by atoms with E-state index in [-0.39, 0.29) is 5.91 Å². The molecule has 0 saturated carbocycles. The van der Waals surface area contributed by atoms with Crippen molar-refractivity contribution in [2.24, 2.45) is 5.92 Å². The minimum absolute atomic E-state index is 0.336. The van der Waals surface area contributed by atoms with Crippen molar-refractivity contribution in [1.82, 2.24) is 5.32 Å². The third kappa shape index (κ3) is 3.09. The highest BCUT2D eigenvalue weighted by atomic mass is 32.2. The Balaban J connectivity index is 2.24. The summed E-state index contributed by atoms with van der Waals surface area (Å²) < 4.78 is 50.3. The van der Waals surface area contributed by atoms with Crippen LogP contribution in [0.25, 0.3) is 0 Å². The maximum Gasteiger partial charge on any atom is 0.224 e. The molecule has 0 bridgehead atoms. The van der Waals surface area contributed by atoms with E-state index in [0.29, 0.717) is 25.5 Å². The molecule has 7 heteroatoms. The van der Waals surface area contributed by atoms with Crippen molar-refractivity contribution in [2.45, 2.75) is 17.7 Å². The molecule has 19 heavy (non-hydrogen) atoms. The van der Waals surface area contributed by atoms with Crippen LogP contribution in [0.15, 0.2) is 23.1 Å². The highest BCUT2D eigenvalue weighted by molar-refractivity contribution is 7.91. The summed E-state index contributed by atoms with van der Waals surface area (Å²) in [6.45, 7) is 0.528. The number of sulfone groups is 1. The van der Waals surface area contributed by atoms with Crippen molar-refractivity contribution < 1.29 is 22.0 Å². The number of amides is 1. The van der Waals surface area contributed by atoms with Crippen molar-refractivity contribution in [2.75, 3.05) is 12.3 Å². The Labute approximate surface area is 109 Å². The molecule has 1 aromatic rings. The van der Waals surface area contributed by atoms with Crippen molar-refractivity contribution in [1.29, 1.82) is 0 Å². The minimum Gasteiger partial charge on any atom is -0.356 e. The number of carbonyl (C=O) groups excluding carboxylic acids is 1. The molecule has 1 atom stereocenters. The number of piperidine rings is 1. The standard InChI is InChI=1S/C12H13F2NO3S/c13-9-3-4-11(10(14)6-9)19(17,18)7-8-2-1-5-15-12(8)16/h3-4,6,8H,1-2,5,7H2,(H,15,16)/t8-/m1/s1. The number of hydrogen-bond donors (Lipinski definition) is 1. The summed E-state index contributed by atoms with van der Waals surface area (Å²) in [7, 11) is -3.94. The molecule has 0 aliphatic carbocycles. The Morgan fingerprint density at radius 1 is 1.32 bits per heavy atom. The number of benzene rings is 1. The predicted molar refractivity (Wildman–Crippen MR) is 64.1 cm³/mol. The zero-order chi connectivity index (χ0) is 14.0. The van der Waals surface area contributed by atoms with Crippen LogP contribution in [-0.2, 0) is 14.6 Å². The van der Waals surface area contributed by atoms with Gasteiger partial charge in [-0.1, -0.05) is 0 Å². The smallest absolute Gasteiger partial charge is 0.224 e. The van der Waals surface area contributed by atoms with Gasteiger partial charge in [0.1, 0.15) is 16.5 Å². The Hall–Kier alpha value is -1.50. The lowest BCUT2D eigenvalue weighted by Gasteiger charge is -2.21. The first-order chi connectivity index (χ1) is 8.90. The van der Waals surface area contributed by atoms with E-state index in [1.165, 1.54) is 0 Å². The fourth-order valence-corrected chi connectivity index (χ4v) is 3.74. The van der Waals surface area contributed by atoms with Gasteiger partial charge in [-0.2, -0.15) is 0 Å². The normalized spacial score (nSPS) is 20.1. The minimum atomic E-state index is -3.94. The van der Waals surface area contributed by atoms with E-state index in [2.05, 4.69) is 5.32 Å². The largest absolute Gasteiger partial charge is 0.356 e. The fraction of sp³-hybridized carbons (Fsp3) is 0.417. The van der Waals surface area contributed by atoms with Gasteiger partial charge >= 0.3 is 0 Å². The predicted octanol–water partition coefficient (Wildman–Crippen LogP) is 1.26. The Kier molecular flexibility index (Phi) is 3.84. The number of hydrogen-bond acceptors (Lipinski definition) is 3. The molecule has 1 fully saturated rings. The summed E-state index contributed by atoms with van der Waals surface area (Å²) in [5, 5.41) is 2.57. The average Bonchev–Trinajstić information content (AvgIpc) is 2.31. The van der Waals surface area contributed by atoms with Crippen LogP contribution in [0.1, 0.15) is 12.8 Å². The maximum absolute atomic E-state index is 13.5. The lowest BCUT2D eigenvalue weighted by atomic mass is 10.0. The molecular weight excluding hydrogens is 276 g/mol. The summed E-state index contributed by atoms with van der Waals surface area (Å²) >= 11 is 0. The van der Waals surface area contributed by atoms with Crippen LogP contribution < -0.4 is 5.32 Å². The number of nitrogens with one attached hydrogen (secondary N) is 1. The van der Waals surface area contributed by atoms with Crippen LogP contribution in [0.4, 0.5) is 8.78 Å². The first kappa shape index (κ1) is 13.9. The summed E-state index contributed by atoms with van der Waals surface area (Å²) in [5.74, 6) is -3.44. The van der Waals surface area contributed by atoms with Gasteiger partial charge in [-0.3, -0.25) is 4.79 Å². The highest BCUT2D eigenvalue weighted by Crippen LogP contribution is 2.22. The molecular formula is C12H13F2NO3S. The Bertz CT molecular complexity index is 601. The number of rotatable bonds is 3. The molecule has 1 heterocycles. The van der Waals surface area contributed by atoms with Crippen LogP contribution in [0.2, 0.25) is 0 Å². The average molecular weight is 289 g/mol. The molecule has 1 aromatic carbocycles. The maximum atomic E-state index is 13.5. The van der Waals surface area contributed by atoms with Gasteiger partial charge in [0.05, 0.1) is 11.7 Å². The number of halogens is 2. The van der Waals surface area contributed by atoms with E-state index < -0.39 is 38.0 Å². The molecule has 1 aliphatic rings. The van der Waals surface area contributed by atoms with Gasteiger partial charge < -0.3 is 5.32 Å². The van der Waals surface area contributed by atoms with Gasteiger partial charge in [0.15, 0.2) is 9.84 Å². The zero-order valence-corrected chi connectivity index (χ0v) is 10.8. The lowest BCUT2D eigenvalue weighted by Crippen LogP contribution is -2.39. The topological polar surface area (TPSA) is 63.2 Å². The summed E-state index contributed by atoms with van der Waals surface area (Å²) in [6.07, 6.45) is 1.14. The fourth-order valence-electron chi connectivity index (χ4n) is 2.08. The molecule has 1 aliphatic heterocycles. The van der Waals surface area contributed by atoms with E-state index in [0.717, 1.165) is 12.1 Å². The van der Waals surface area contributed by atoms with Crippen LogP contribution in [0.5, 0.6) is 0 Å². The molecule has 1 saturated heterocycles. The van der Waals surface area contributed by atoms with Crippen LogP contribution in [0, 0.1) is 17.6 Å². The van der Waals surface area contributed by atoms with E-state index in [9.17, 15) is 22.0 Å². The van der Waals surface area contributed by atoms with Gasteiger partial charge in [0, 0.05) is 12.6 Å². The second-order valence-corrected chi connectivity index (χ2v) is 6.49. The molecule has 104 valence electrons. The van der Waals surface area contributed by atoms with E-state index in [1.54, 1.807) is 0 Å². The van der Waals surface area contributed by atoms with E-state index in [1.807, 2.05) is 0 Å². The summed E-state index contributed by atoms with van der Waals surface area (Å²) in [6, 6.07) is 2.30. The summed E-state index contributed by atoms with van der Waals surface area (Å²) in [5.41, 5.74) is 0. The third-order valence-electron chi connectivity index (χ3n) is 3.05. The third-order valence-corrected chi connectivity index (χ3v) is 4.89. The molecule has 0 spiro atoms. The van der Waals surface area contributed by atoms with Gasteiger partial charge in [-0.15, -0.1) is 0 Å².